The largest absolute Gasteiger partial charge is 0.279 e. The number of rotatable bonds is 5. The van der Waals surface area contributed by atoms with Gasteiger partial charge < -0.3 is 0 Å². The zero-order valence-electron chi connectivity index (χ0n) is 9.79. The van der Waals surface area contributed by atoms with Gasteiger partial charge in [0.15, 0.2) is 0 Å². The number of hydrogen-bond donors (Lipinski definition) is 1. The molecule has 0 spiro atoms. The molecule has 1 N–H and O–H groups in total. The fourth-order valence-corrected chi connectivity index (χ4v) is 2.26. The topological polar surface area (TPSA) is 49.4 Å². The SMILES string of the molecule is CCCCN(C)S(=O)(=O)NC(C)(C)C. The third-order valence-electron chi connectivity index (χ3n) is 1.67. The molecule has 0 aliphatic heterocycles. The Hall–Kier alpha value is -0.130. The van der Waals surface area contributed by atoms with Gasteiger partial charge in [0, 0.05) is 19.1 Å². The van der Waals surface area contributed by atoms with Crippen LogP contribution in [0.15, 0.2) is 0 Å². The van der Waals surface area contributed by atoms with Crippen LogP contribution in [0.5, 0.6) is 0 Å². The normalized spacial score (nSPS) is 13.6. The first kappa shape index (κ1) is 13.9. The lowest BCUT2D eigenvalue weighted by molar-refractivity contribution is 0.418. The van der Waals surface area contributed by atoms with E-state index in [-0.39, 0.29) is 0 Å². The van der Waals surface area contributed by atoms with Crippen molar-refractivity contribution in [2.75, 3.05) is 13.6 Å². The molecule has 0 fully saturated rings. The van der Waals surface area contributed by atoms with Crippen LogP contribution in [0.4, 0.5) is 0 Å². The van der Waals surface area contributed by atoms with E-state index in [2.05, 4.69) is 4.72 Å². The lowest BCUT2D eigenvalue weighted by Gasteiger charge is -2.25. The van der Waals surface area contributed by atoms with Crippen LogP contribution in [0.2, 0.25) is 0 Å². The minimum atomic E-state index is -3.31. The van der Waals surface area contributed by atoms with Crippen molar-refractivity contribution in [3.63, 3.8) is 0 Å². The first-order chi connectivity index (χ1) is 6.19. The van der Waals surface area contributed by atoms with Gasteiger partial charge in [-0.25, -0.2) is 0 Å². The third kappa shape index (κ3) is 5.57. The molecule has 0 amide bonds. The summed E-state index contributed by atoms with van der Waals surface area (Å²) in [6.07, 6.45) is 1.89. The van der Waals surface area contributed by atoms with E-state index >= 15 is 0 Å². The van der Waals surface area contributed by atoms with E-state index < -0.39 is 15.7 Å². The van der Waals surface area contributed by atoms with Crippen molar-refractivity contribution in [3.8, 4) is 0 Å². The summed E-state index contributed by atoms with van der Waals surface area (Å²) < 4.78 is 27.3. The van der Waals surface area contributed by atoms with Crippen molar-refractivity contribution in [3.05, 3.63) is 0 Å². The van der Waals surface area contributed by atoms with E-state index in [1.807, 2.05) is 27.7 Å². The summed E-state index contributed by atoms with van der Waals surface area (Å²) in [6, 6.07) is 0. The van der Waals surface area contributed by atoms with Gasteiger partial charge in [0.1, 0.15) is 0 Å². The molecule has 4 nitrogen and oxygen atoms in total. The van der Waals surface area contributed by atoms with E-state index in [4.69, 9.17) is 0 Å². The number of unbranched alkanes of at least 4 members (excludes halogenated alkanes) is 1. The lowest BCUT2D eigenvalue weighted by atomic mass is 10.1. The highest BCUT2D eigenvalue weighted by atomic mass is 32.2. The molecular weight excluding hydrogens is 200 g/mol. The highest BCUT2D eigenvalue weighted by Gasteiger charge is 2.23. The summed E-state index contributed by atoms with van der Waals surface area (Å²) in [4.78, 5) is 0. The molecule has 0 saturated heterocycles. The molecule has 0 aliphatic carbocycles. The number of nitrogens with one attached hydrogen (secondary N) is 1. The molecule has 0 aromatic rings. The van der Waals surface area contributed by atoms with Gasteiger partial charge in [0.25, 0.3) is 10.2 Å². The second kappa shape index (κ2) is 5.09. The number of hydrogen-bond acceptors (Lipinski definition) is 2. The van der Waals surface area contributed by atoms with Crippen molar-refractivity contribution < 1.29 is 8.42 Å². The van der Waals surface area contributed by atoms with E-state index in [9.17, 15) is 8.42 Å². The summed E-state index contributed by atoms with van der Waals surface area (Å²) in [5, 5.41) is 0. The van der Waals surface area contributed by atoms with Gasteiger partial charge in [0.05, 0.1) is 0 Å². The molecule has 5 heteroatoms. The average molecular weight is 222 g/mol. The van der Waals surface area contributed by atoms with Crippen molar-refractivity contribution >= 4 is 10.2 Å². The van der Waals surface area contributed by atoms with E-state index in [1.54, 1.807) is 7.05 Å². The summed E-state index contributed by atoms with van der Waals surface area (Å²) in [5.74, 6) is 0. The Kier molecular flexibility index (Phi) is 5.05. The monoisotopic (exact) mass is 222 g/mol. The molecule has 86 valence electrons. The molecule has 0 saturated carbocycles. The van der Waals surface area contributed by atoms with Gasteiger partial charge in [-0.2, -0.15) is 17.4 Å². The Morgan fingerprint density at radius 3 is 2.14 bits per heavy atom. The van der Waals surface area contributed by atoms with Crippen molar-refractivity contribution in [1.82, 2.24) is 9.03 Å². The quantitative estimate of drug-likeness (QED) is 0.763. The van der Waals surface area contributed by atoms with Crippen molar-refractivity contribution in [2.45, 2.75) is 46.1 Å². The Morgan fingerprint density at radius 1 is 1.29 bits per heavy atom. The molecular formula is C9H22N2O2S. The predicted molar refractivity (Wildman–Crippen MR) is 59.3 cm³/mol. The zero-order valence-corrected chi connectivity index (χ0v) is 10.6. The van der Waals surface area contributed by atoms with Crippen LogP contribution in [0.25, 0.3) is 0 Å². The first-order valence-electron chi connectivity index (χ1n) is 4.94. The van der Waals surface area contributed by atoms with Crippen molar-refractivity contribution in [1.29, 1.82) is 0 Å². The molecule has 0 atom stereocenters. The maximum Gasteiger partial charge on any atom is 0.279 e. The third-order valence-corrected chi connectivity index (χ3v) is 3.55. The Labute approximate surface area is 87.9 Å². The van der Waals surface area contributed by atoms with Crippen LogP contribution in [0.3, 0.4) is 0 Å². The summed E-state index contributed by atoms with van der Waals surface area (Å²) in [7, 11) is -1.71. The zero-order chi connectivity index (χ0) is 11.4. The second-order valence-corrected chi connectivity index (χ2v) is 6.31. The van der Waals surface area contributed by atoms with Gasteiger partial charge in [0.2, 0.25) is 0 Å². The summed E-state index contributed by atoms with van der Waals surface area (Å²) in [6.45, 7) is 8.11. The highest BCUT2D eigenvalue weighted by Crippen LogP contribution is 2.05. The minimum Gasteiger partial charge on any atom is -0.197 e. The molecule has 0 bridgehead atoms. The fraction of sp³-hybridized carbons (Fsp3) is 1.00. The maximum atomic E-state index is 11.7. The van der Waals surface area contributed by atoms with Crippen LogP contribution in [0, 0.1) is 0 Å². The summed E-state index contributed by atoms with van der Waals surface area (Å²) in [5.41, 5.74) is -0.417. The molecule has 14 heavy (non-hydrogen) atoms. The van der Waals surface area contributed by atoms with Crippen LogP contribution in [0.1, 0.15) is 40.5 Å². The van der Waals surface area contributed by atoms with Gasteiger partial charge in [-0.1, -0.05) is 13.3 Å². The van der Waals surface area contributed by atoms with Crippen LogP contribution >= 0.6 is 0 Å². The molecule has 0 unspecified atom stereocenters. The predicted octanol–water partition coefficient (Wildman–Crippen LogP) is 1.35. The Morgan fingerprint density at radius 2 is 1.79 bits per heavy atom. The van der Waals surface area contributed by atoms with Crippen LogP contribution < -0.4 is 4.72 Å². The van der Waals surface area contributed by atoms with Crippen molar-refractivity contribution in [2.24, 2.45) is 0 Å². The first-order valence-corrected chi connectivity index (χ1v) is 6.38. The fourth-order valence-electron chi connectivity index (χ4n) is 0.966. The van der Waals surface area contributed by atoms with Crippen LogP contribution in [-0.2, 0) is 10.2 Å². The minimum absolute atomic E-state index is 0.417. The molecule has 0 heterocycles. The molecule has 0 radical (unpaired) electrons. The van der Waals surface area contributed by atoms with E-state index in [0.717, 1.165) is 12.8 Å². The van der Waals surface area contributed by atoms with Gasteiger partial charge in [-0.05, 0) is 27.2 Å². The average Bonchev–Trinajstić information content (AvgIpc) is 1.95. The van der Waals surface area contributed by atoms with Gasteiger partial charge in [-0.15, -0.1) is 0 Å². The van der Waals surface area contributed by atoms with Gasteiger partial charge >= 0.3 is 0 Å². The second-order valence-electron chi connectivity index (χ2n) is 4.53. The Bertz CT molecular complexity index is 254. The van der Waals surface area contributed by atoms with E-state index in [1.165, 1.54) is 4.31 Å². The Balaban J connectivity index is 4.32. The van der Waals surface area contributed by atoms with Gasteiger partial charge in [-0.3, -0.25) is 0 Å². The molecule has 0 aliphatic rings. The lowest BCUT2D eigenvalue weighted by Crippen LogP contribution is -2.47. The maximum absolute atomic E-state index is 11.7. The van der Waals surface area contributed by atoms with Crippen LogP contribution in [-0.4, -0.2) is 31.9 Å². The molecule has 0 aromatic carbocycles. The smallest absolute Gasteiger partial charge is 0.197 e. The number of nitrogens with zero attached hydrogens (tertiary/aromatic N) is 1. The highest BCUT2D eigenvalue weighted by molar-refractivity contribution is 7.87. The van der Waals surface area contributed by atoms with E-state index in [0.29, 0.717) is 6.54 Å². The molecule has 0 rings (SSSR count). The standard InChI is InChI=1S/C9H22N2O2S/c1-6-7-8-11(5)14(12,13)10-9(2,3)4/h10H,6-8H2,1-5H3. The summed E-state index contributed by atoms with van der Waals surface area (Å²) >= 11 is 0. The molecule has 0 aromatic heterocycles.